The van der Waals surface area contributed by atoms with E-state index in [1.807, 2.05) is 0 Å². The molecule has 0 atom stereocenters. The van der Waals surface area contributed by atoms with Gasteiger partial charge in [-0.05, 0) is 0 Å². The molecule has 0 rings (SSSR count). The zero-order valence-electron chi connectivity index (χ0n) is 9.62. The molecule has 0 saturated heterocycles. The Labute approximate surface area is 206 Å². The Balaban J connectivity index is 6.65. The molecule has 0 saturated carbocycles. The molecule has 140 valence electrons. The summed E-state index contributed by atoms with van der Waals surface area (Å²) >= 11 is 87.0. The fourth-order valence-electron chi connectivity index (χ4n) is 1.12. The van der Waals surface area contributed by atoms with E-state index >= 15 is 0 Å². The van der Waals surface area contributed by atoms with Crippen LogP contribution in [0.15, 0.2) is 0 Å². The molecule has 23 heavy (non-hydrogen) atoms. The van der Waals surface area contributed by atoms with Crippen LogP contribution in [0.25, 0.3) is 0 Å². The molecule has 1 N–H and O–H groups in total. The lowest BCUT2D eigenvalue weighted by atomic mass is 10.0. The lowest BCUT2D eigenvalue weighted by molar-refractivity contribution is 0.180. The third-order valence-corrected chi connectivity index (χ3v) is 10.8. The van der Waals surface area contributed by atoms with Crippen LogP contribution in [-0.2, 0) is 0 Å². The second kappa shape index (κ2) is 7.86. The Kier molecular flexibility index (Phi) is 9.33. The van der Waals surface area contributed by atoms with Crippen molar-refractivity contribution < 1.29 is 5.11 Å². The van der Waals surface area contributed by atoms with E-state index in [1.54, 1.807) is 0 Å². The minimum absolute atomic E-state index is 2.71. The van der Waals surface area contributed by atoms with Crippen LogP contribution in [0, 0.1) is 0 Å². The van der Waals surface area contributed by atoms with E-state index in [1.165, 1.54) is 0 Å². The molecule has 0 aromatic rings. The number of halogens is 15. The molecule has 0 aromatic carbocycles. The molecule has 0 aromatic heterocycles. The van der Waals surface area contributed by atoms with E-state index in [0.717, 1.165) is 0 Å². The molecule has 0 unspecified atom stereocenters. The predicted octanol–water partition coefficient (Wildman–Crippen LogP) is 8.35. The van der Waals surface area contributed by atoms with E-state index in [2.05, 4.69) is 0 Å². The average molecular weight is 633 g/mol. The van der Waals surface area contributed by atoms with Crippen LogP contribution < -0.4 is 0 Å². The summed E-state index contributed by atoms with van der Waals surface area (Å²) in [6.45, 7) is 0. The van der Waals surface area contributed by atoms with Gasteiger partial charge in [0, 0.05) is 0 Å². The van der Waals surface area contributed by atoms with Crippen molar-refractivity contribution in [3.63, 3.8) is 0 Å². The Bertz CT molecular complexity index is 422. The largest absolute Gasteiger partial charge is 0.360 e. The molecule has 0 bridgehead atoms. The van der Waals surface area contributed by atoms with Crippen molar-refractivity contribution in [1.82, 2.24) is 0 Å². The first-order chi connectivity index (χ1) is 9.50. The Morgan fingerprint density at radius 2 is 0.652 bits per heavy atom. The Morgan fingerprint density at radius 1 is 0.391 bits per heavy atom. The van der Waals surface area contributed by atoms with E-state index in [-0.39, 0.29) is 0 Å². The fraction of sp³-hybridized carbons (Fsp3) is 1.00. The summed E-state index contributed by atoms with van der Waals surface area (Å²) in [5.74, 6) is 0. The molecular weight excluding hydrogens is 632 g/mol. The first-order valence-corrected chi connectivity index (χ1v) is 10.2. The summed E-state index contributed by atoms with van der Waals surface area (Å²) in [5, 5.41) is 9.66. The molecule has 0 aliphatic rings. The molecule has 0 amide bonds. The van der Waals surface area contributed by atoms with E-state index < -0.39 is 30.0 Å². The number of hydrogen-bond acceptors (Lipinski definition) is 1. The second-order valence-electron chi connectivity index (χ2n) is 3.92. The monoisotopic (exact) mass is 626 g/mol. The van der Waals surface area contributed by atoms with Crippen molar-refractivity contribution in [2.75, 3.05) is 0 Å². The maximum atomic E-state index is 9.66. The molecule has 0 aliphatic heterocycles. The minimum atomic E-state index is -3.02. The lowest BCUT2D eigenvalue weighted by Gasteiger charge is -2.54. The van der Waals surface area contributed by atoms with Gasteiger partial charge in [-0.3, -0.25) is 0 Å². The SMILES string of the molecule is OC(Cl)(Cl)C(Cl)(Cl)C(Cl)(Cl)C(Cl)(Cl)C(Cl)(C(Cl)(Cl)Cl)C(Cl)(Cl)Cl. The van der Waals surface area contributed by atoms with Gasteiger partial charge in [0.2, 0.25) is 11.9 Å². The first kappa shape index (κ1) is 27.3. The average Bonchev–Trinajstić information content (AvgIpc) is 2.22. The predicted molar refractivity (Wildman–Crippen MR) is 109 cm³/mol. The summed E-state index contributed by atoms with van der Waals surface area (Å²) in [6, 6.07) is 0. The zero-order chi connectivity index (χ0) is 19.5. The van der Waals surface area contributed by atoms with Crippen LogP contribution in [0.5, 0.6) is 0 Å². The Hall–Kier alpha value is 4.31. The molecule has 16 heteroatoms. The van der Waals surface area contributed by atoms with Crippen LogP contribution in [0.1, 0.15) is 0 Å². The summed E-state index contributed by atoms with van der Waals surface area (Å²) < 4.78 is -17.3. The third-order valence-electron chi connectivity index (χ3n) is 2.38. The number of aliphatic hydroxyl groups is 1. The minimum Gasteiger partial charge on any atom is -0.360 e. The number of rotatable bonds is 4. The zero-order valence-corrected chi connectivity index (χ0v) is 21.0. The maximum absolute atomic E-state index is 9.66. The first-order valence-electron chi connectivity index (χ1n) is 4.56. The normalized spacial score (nSPS) is 16.7. The van der Waals surface area contributed by atoms with E-state index in [0.29, 0.717) is 0 Å². The van der Waals surface area contributed by atoms with Gasteiger partial charge in [0.15, 0.2) is 13.5 Å². The van der Waals surface area contributed by atoms with Gasteiger partial charge in [0.05, 0.1) is 0 Å². The van der Waals surface area contributed by atoms with Gasteiger partial charge in [0.1, 0.15) is 0 Å². The highest BCUT2D eigenvalue weighted by Gasteiger charge is 2.81. The van der Waals surface area contributed by atoms with E-state index in [4.69, 9.17) is 174 Å². The molecular formula is C7HCl15O. The van der Waals surface area contributed by atoms with Crippen molar-refractivity contribution in [2.24, 2.45) is 0 Å². The van der Waals surface area contributed by atoms with Crippen LogP contribution in [0.2, 0.25) is 0 Å². The van der Waals surface area contributed by atoms with E-state index in [9.17, 15) is 5.11 Å². The van der Waals surface area contributed by atoms with Gasteiger partial charge in [0.25, 0.3) is 4.52 Å². The molecule has 0 spiro atoms. The van der Waals surface area contributed by atoms with Crippen molar-refractivity contribution in [3.05, 3.63) is 0 Å². The molecule has 0 heterocycles. The summed E-state index contributed by atoms with van der Waals surface area (Å²) in [6.07, 6.45) is 0. The van der Waals surface area contributed by atoms with Crippen molar-refractivity contribution in [3.8, 4) is 0 Å². The van der Waals surface area contributed by atoms with Gasteiger partial charge >= 0.3 is 0 Å². The van der Waals surface area contributed by atoms with Gasteiger partial charge in [-0.2, -0.15) is 0 Å². The van der Waals surface area contributed by atoms with Crippen LogP contribution in [0.3, 0.4) is 0 Å². The van der Waals surface area contributed by atoms with Crippen LogP contribution >= 0.6 is 174 Å². The molecule has 0 radical (unpaired) electrons. The van der Waals surface area contributed by atoms with Gasteiger partial charge < -0.3 is 5.11 Å². The maximum Gasteiger partial charge on any atom is 0.251 e. The highest BCUT2D eigenvalue weighted by molar-refractivity contribution is 6.82. The second-order valence-corrected chi connectivity index (χ2v) is 14.3. The smallest absolute Gasteiger partial charge is 0.251 e. The van der Waals surface area contributed by atoms with Gasteiger partial charge in [-0.15, -0.1) is 11.6 Å². The summed E-state index contributed by atoms with van der Waals surface area (Å²) in [5.41, 5.74) is 0. The third kappa shape index (κ3) is 4.57. The Morgan fingerprint density at radius 3 is 0.826 bits per heavy atom. The standard InChI is InChI=1S/C7HCl15O/c8-1(5(15,16)17,6(18,19)20)2(9,10)3(11,12)4(13,14)7(21,22)23/h23H. The topological polar surface area (TPSA) is 20.2 Å². The summed E-state index contributed by atoms with van der Waals surface area (Å²) in [7, 11) is 0. The van der Waals surface area contributed by atoms with Crippen LogP contribution in [0.4, 0.5) is 0 Å². The van der Waals surface area contributed by atoms with Gasteiger partial charge in [-0.25, -0.2) is 0 Å². The van der Waals surface area contributed by atoms with Crippen molar-refractivity contribution in [2.45, 2.75) is 30.0 Å². The summed E-state index contributed by atoms with van der Waals surface area (Å²) in [4.78, 5) is -2.89. The lowest BCUT2D eigenvalue weighted by Crippen LogP contribution is -2.71. The highest BCUT2D eigenvalue weighted by atomic mass is 35.6. The molecule has 0 aliphatic carbocycles. The van der Waals surface area contributed by atoms with Crippen LogP contribution in [-0.4, -0.2) is 35.1 Å². The quantitative estimate of drug-likeness (QED) is 0.309. The fourth-order valence-corrected chi connectivity index (χ4v) is 6.44. The highest BCUT2D eigenvalue weighted by Crippen LogP contribution is 2.71. The molecule has 0 fully saturated rings. The van der Waals surface area contributed by atoms with Gasteiger partial charge in [-0.1, -0.05) is 162 Å². The van der Waals surface area contributed by atoms with Crippen molar-refractivity contribution >= 4 is 174 Å². The number of alkyl halides is 15. The number of hydrogen-bond donors (Lipinski definition) is 1. The van der Waals surface area contributed by atoms with Crippen molar-refractivity contribution in [1.29, 1.82) is 0 Å². The molecule has 1 nitrogen and oxygen atoms in total.